The van der Waals surface area contributed by atoms with Crippen LogP contribution < -0.4 is 16.6 Å². The second kappa shape index (κ2) is 9.23. The third-order valence-corrected chi connectivity index (χ3v) is 5.17. The van der Waals surface area contributed by atoms with Gasteiger partial charge in [0, 0.05) is 17.1 Å². The van der Waals surface area contributed by atoms with Crippen molar-refractivity contribution in [1.29, 1.82) is 0 Å². The number of aromatic nitrogens is 3. The Bertz CT molecular complexity index is 1370. The lowest BCUT2D eigenvalue weighted by atomic mass is 10.0. The molecular formula is C22H16N4O5S. The van der Waals surface area contributed by atoms with E-state index < -0.39 is 35.3 Å². The van der Waals surface area contributed by atoms with Gasteiger partial charge in [0.05, 0.1) is 5.69 Å². The van der Waals surface area contributed by atoms with Crippen LogP contribution in [-0.2, 0) is 9.53 Å². The smallest absolute Gasteiger partial charge is 0.345 e. The minimum atomic E-state index is -1.03. The molecule has 0 spiro atoms. The summed E-state index contributed by atoms with van der Waals surface area (Å²) in [4.78, 5) is 55.0. The Labute approximate surface area is 184 Å². The van der Waals surface area contributed by atoms with Gasteiger partial charge in [0.15, 0.2) is 11.7 Å². The van der Waals surface area contributed by atoms with Crippen molar-refractivity contribution in [2.24, 2.45) is 0 Å². The van der Waals surface area contributed by atoms with E-state index in [0.29, 0.717) is 10.8 Å². The van der Waals surface area contributed by atoms with Gasteiger partial charge in [-0.1, -0.05) is 54.6 Å². The lowest BCUT2D eigenvalue weighted by molar-refractivity contribution is -0.119. The zero-order valence-electron chi connectivity index (χ0n) is 16.5. The number of hydrogen-bond donors (Lipinski definition) is 3. The maximum absolute atomic E-state index is 12.1. The van der Waals surface area contributed by atoms with Crippen LogP contribution in [0.25, 0.3) is 22.4 Å². The van der Waals surface area contributed by atoms with Crippen molar-refractivity contribution in [3.8, 4) is 22.4 Å². The number of rotatable bonds is 6. The van der Waals surface area contributed by atoms with Crippen LogP contribution in [0, 0.1) is 0 Å². The number of ether oxygens (including phenoxy) is 1. The molecule has 2 aromatic heterocycles. The molecule has 4 aromatic rings. The summed E-state index contributed by atoms with van der Waals surface area (Å²) in [6.07, 6.45) is 0.928. The number of nitrogens with zero attached hydrogens (tertiary/aromatic N) is 1. The fourth-order valence-electron chi connectivity index (χ4n) is 2.85. The van der Waals surface area contributed by atoms with Crippen LogP contribution in [0.1, 0.15) is 10.4 Å². The fraction of sp³-hybridized carbons (Fsp3) is 0.0455. The summed E-state index contributed by atoms with van der Waals surface area (Å²) in [5, 5.41) is 4.69. The number of anilines is 1. The van der Waals surface area contributed by atoms with Gasteiger partial charge in [-0.2, -0.15) is 0 Å². The lowest BCUT2D eigenvalue weighted by Gasteiger charge is -2.04. The van der Waals surface area contributed by atoms with E-state index in [-0.39, 0.29) is 0 Å². The van der Waals surface area contributed by atoms with E-state index in [4.69, 9.17) is 4.74 Å². The molecule has 160 valence electrons. The third kappa shape index (κ3) is 4.87. The highest BCUT2D eigenvalue weighted by Gasteiger charge is 2.15. The van der Waals surface area contributed by atoms with Gasteiger partial charge in [-0.15, -0.1) is 11.3 Å². The lowest BCUT2D eigenvalue weighted by Crippen LogP contribution is -2.29. The standard InChI is InChI=1S/C22H16N4O5S/c27-18(11-31-20(29)16-10-23-21(30)26-19(16)28)25-22-24-17(12-32-22)15-8-6-14(7-9-15)13-4-2-1-3-5-13/h1-10,12H,11H2,(H,24,25,27)(H2,23,26,28,30). The van der Waals surface area contributed by atoms with E-state index >= 15 is 0 Å². The molecular weight excluding hydrogens is 432 g/mol. The Kier molecular flexibility index (Phi) is 6.04. The van der Waals surface area contributed by atoms with Crippen molar-refractivity contribution in [3.63, 3.8) is 0 Å². The highest BCUT2D eigenvalue weighted by molar-refractivity contribution is 7.14. The average molecular weight is 448 g/mol. The van der Waals surface area contributed by atoms with E-state index in [9.17, 15) is 19.2 Å². The molecule has 10 heteroatoms. The van der Waals surface area contributed by atoms with Crippen molar-refractivity contribution in [2.45, 2.75) is 0 Å². The molecule has 0 fully saturated rings. The first-order valence-corrected chi connectivity index (χ1v) is 10.3. The zero-order valence-corrected chi connectivity index (χ0v) is 17.3. The number of amides is 1. The van der Waals surface area contributed by atoms with Crippen LogP contribution in [0.5, 0.6) is 0 Å². The minimum Gasteiger partial charge on any atom is -0.452 e. The number of hydrogen-bond acceptors (Lipinski definition) is 7. The first-order chi connectivity index (χ1) is 15.5. The predicted octanol–water partition coefficient (Wildman–Crippen LogP) is 2.65. The van der Waals surface area contributed by atoms with E-state index in [2.05, 4.69) is 15.3 Å². The summed E-state index contributed by atoms with van der Waals surface area (Å²) in [5.74, 6) is -1.64. The summed E-state index contributed by atoms with van der Waals surface area (Å²) in [7, 11) is 0. The van der Waals surface area contributed by atoms with Gasteiger partial charge in [0.1, 0.15) is 5.56 Å². The van der Waals surface area contributed by atoms with E-state index in [0.717, 1.165) is 22.9 Å². The van der Waals surface area contributed by atoms with Crippen LogP contribution in [0.15, 0.2) is 75.8 Å². The SMILES string of the molecule is O=C(COC(=O)c1c[nH]c(=O)[nH]c1=O)Nc1nc(-c2ccc(-c3ccccc3)cc2)cs1. The second-order valence-corrected chi connectivity index (χ2v) is 7.45. The first kappa shape index (κ1) is 20.9. The van der Waals surface area contributed by atoms with Gasteiger partial charge in [0.25, 0.3) is 11.5 Å². The Hall–Kier alpha value is -4.31. The summed E-state index contributed by atoms with van der Waals surface area (Å²) in [6.45, 7) is -0.613. The quantitative estimate of drug-likeness (QED) is 0.388. The van der Waals surface area contributed by atoms with Gasteiger partial charge < -0.3 is 9.72 Å². The summed E-state index contributed by atoms with van der Waals surface area (Å²) in [5.41, 5.74) is 1.73. The van der Waals surface area contributed by atoms with Crippen molar-refractivity contribution in [3.05, 3.63) is 92.6 Å². The Morgan fingerprint density at radius 1 is 0.969 bits per heavy atom. The molecule has 0 atom stereocenters. The predicted molar refractivity (Wildman–Crippen MR) is 120 cm³/mol. The molecule has 0 saturated carbocycles. The molecule has 0 radical (unpaired) electrons. The molecule has 4 rings (SSSR count). The largest absolute Gasteiger partial charge is 0.452 e. The average Bonchev–Trinajstić information content (AvgIpc) is 3.26. The van der Waals surface area contributed by atoms with Crippen LogP contribution in [0.3, 0.4) is 0 Å². The molecule has 0 aliphatic rings. The van der Waals surface area contributed by atoms with E-state index in [1.807, 2.05) is 59.6 Å². The Morgan fingerprint density at radius 2 is 1.66 bits per heavy atom. The molecule has 1 amide bonds. The van der Waals surface area contributed by atoms with Crippen molar-refractivity contribution < 1.29 is 14.3 Å². The van der Waals surface area contributed by atoms with Crippen molar-refractivity contribution >= 4 is 28.3 Å². The minimum absolute atomic E-state index is 0.343. The third-order valence-electron chi connectivity index (χ3n) is 4.41. The molecule has 0 saturated heterocycles. The number of H-pyrrole nitrogens is 2. The molecule has 0 aliphatic heterocycles. The number of nitrogens with one attached hydrogen (secondary N) is 3. The number of benzene rings is 2. The zero-order chi connectivity index (χ0) is 22.5. The number of aromatic amines is 2. The monoisotopic (exact) mass is 448 g/mol. The van der Waals surface area contributed by atoms with Crippen LogP contribution in [0.2, 0.25) is 0 Å². The Morgan fingerprint density at radius 3 is 2.38 bits per heavy atom. The molecule has 2 aromatic carbocycles. The van der Waals surface area contributed by atoms with Gasteiger partial charge in [-0.3, -0.25) is 19.9 Å². The van der Waals surface area contributed by atoms with Gasteiger partial charge in [0.2, 0.25) is 0 Å². The number of esters is 1. The number of carbonyl (C=O) groups is 2. The van der Waals surface area contributed by atoms with Crippen molar-refractivity contribution in [2.75, 3.05) is 11.9 Å². The molecule has 0 unspecified atom stereocenters. The van der Waals surface area contributed by atoms with E-state index in [1.165, 1.54) is 11.3 Å². The van der Waals surface area contributed by atoms with Gasteiger partial charge in [-0.05, 0) is 11.1 Å². The second-order valence-electron chi connectivity index (χ2n) is 6.59. The fourth-order valence-corrected chi connectivity index (χ4v) is 3.59. The maximum Gasteiger partial charge on any atom is 0.345 e. The van der Waals surface area contributed by atoms with E-state index in [1.54, 1.807) is 5.38 Å². The molecule has 32 heavy (non-hydrogen) atoms. The van der Waals surface area contributed by atoms with Gasteiger partial charge in [-0.25, -0.2) is 14.6 Å². The summed E-state index contributed by atoms with van der Waals surface area (Å²) < 4.78 is 4.81. The number of carbonyl (C=O) groups excluding carboxylic acids is 2. The first-order valence-electron chi connectivity index (χ1n) is 9.40. The Balaban J connectivity index is 1.35. The number of thiazole rings is 1. The summed E-state index contributed by atoms with van der Waals surface area (Å²) >= 11 is 1.23. The molecule has 2 heterocycles. The molecule has 0 bridgehead atoms. The molecule has 9 nitrogen and oxygen atoms in total. The normalized spacial score (nSPS) is 10.5. The maximum atomic E-state index is 12.1. The van der Waals surface area contributed by atoms with Crippen molar-refractivity contribution in [1.82, 2.24) is 15.0 Å². The van der Waals surface area contributed by atoms with Crippen LogP contribution in [0.4, 0.5) is 5.13 Å². The van der Waals surface area contributed by atoms with Gasteiger partial charge >= 0.3 is 11.7 Å². The van der Waals surface area contributed by atoms with Crippen LogP contribution >= 0.6 is 11.3 Å². The molecule has 0 aliphatic carbocycles. The highest BCUT2D eigenvalue weighted by Crippen LogP contribution is 2.27. The highest BCUT2D eigenvalue weighted by atomic mass is 32.1. The topological polar surface area (TPSA) is 134 Å². The molecule has 3 N–H and O–H groups in total. The van der Waals surface area contributed by atoms with Crippen LogP contribution in [-0.4, -0.2) is 33.4 Å². The summed E-state index contributed by atoms with van der Waals surface area (Å²) in [6, 6.07) is 17.9.